The Balaban J connectivity index is 1.90. The van der Waals surface area contributed by atoms with Gasteiger partial charge in [0, 0.05) is 13.1 Å². The van der Waals surface area contributed by atoms with Gasteiger partial charge in [0.15, 0.2) is 11.0 Å². The molecule has 2 aromatic heterocycles. The Hall–Kier alpha value is -2.02. The van der Waals surface area contributed by atoms with Crippen molar-refractivity contribution in [1.29, 1.82) is 0 Å². The van der Waals surface area contributed by atoms with Crippen LogP contribution in [0.15, 0.2) is 34.6 Å². The number of hydrogen-bond donors (Lipinski definition) is 1. The van der Waals surface area contributed by atoms with E-state index in [1.54, 1.807) is 12.3 Å². The molecule has 2 aromatic rings. The van der Waals surface area contributed by atoms with Crippen molar-refractivity contribution in [3.05, 3.63) is 30.7 Å². The lowest BCUT2D eigenvalue weighted by atomic mass is 10.2. The number of nitrogens with one attached hydrogen (secondary N) is 1. The van der Waals surface area contributed by atoms with E-state index in [9.17, 15) is 4.79 Å². The highest BCUT2D eigenvalue weighted by molar-refractivity contribution is 8.00. The zero-order chi connectivity index (χ0) is 16.2. The van der Waals surface area contributed by atoms with Crippen LogP contribution >= 0.6 is 11.8 Å². The third kappa shape index (κ3) is 3.34. The number of nitrogens with zero attached hydrogens (tertiary/aromatic N) is 3. The number of hydrogen-bond acceptors (Lipinski definition) is 5. The number of allylic oxidation sites excluding steroid dienone is 1. The van der Waals surface area contributed by atoms with Crippen LogP contribution in [0.4, 0.5) is 0 Å². The highest BCUT2D eigenvalue weighted by Crippen LogP contribution is 2.31. The maximum atomic E-state index is 12.2. The highest BCUT2D eigenvalue weighted by atomic mass is 32.2. The molecule has 1 fully saturated rings. The summed E-state index contributed by atoms with van der Waals surface area (Å²) in [6, 6.07) is 1.88. The SMILES string of the molecule is C=CCn1c(S[C@H]2CCCCNC2=O)nnc1-c1ccoc1C. The van der Waals surface area contributed by atoms with Gasteiger partial charge < -0.3 is 9.73 Å². The van der Waals surface area contributed by atoms with Gasteiger partial charge >= 0.3 is 0 Å². The Morgan fingerprint density at radius 3 is 3.13 bits per heavy atom. The number of thioether (sulfide) groups is 1. The molecule has 0 aliphatic carbocycles. The van der Waals surface area contributed by atoms with Crippen LogP contribution in [0, 0.1) is 6.92 Å². The van der Waals surface area contributed by atoms with Crippen LogP contribution in [0.1, 0.15) is 25.0 Å². The first-order valence-corrected chi connectivity index (χ1v) is 8.61. The normalized spacial score (nSPS) is 18.5. The summed E-state index contributed by atoms with van der Waals surface area (Å²) in [7, 11) is 0. The van der Waals surface area contributed by atoms with Crippen molar-refractivity contribution in [2.45, 2.75) is 43.1 Å². The molecule has 0 radical (unpaired) electrons. The molecule has 1 amide bonds. The summed E-state index contributed by atoms with van der Waals surface area (Å²) >= 11 is 1.48. The Morgan fingerprint density at radius 1 is 1.52 bits per heavy atom. The lowest BCUT2D eigenvalue weighted by molar-refractivity contribution is -0.120. The summed E-state index contributed by atoms with van der Waals surface area (Å²) in [6.45, 7) is 7.05. The first kappa shape index (κ1) is 15.9. The first-order valence-electron chi connectivity index (χ1n) is 7.73. The van der Waals surface area contributed by atoms with Crippen molar-refractivity contribution >= 4 is 17.7 Å². The van der Waals surface area contributed by atoms with Crippen molar-refractivity contribution in [2.75, 3.05) is 6.54 Å². The van der Waals surface area contributed by atoms with E-state index in [0.29, 0.717) is 6.54 Å². The van der Waals surface area contributed by atoms with Gasteiger partial charge in [-0.1, -0.05) is 24.3 Å². The number of amides is 1. The molecular weight excluding hydrogens is 312 g/mol. The van der Waals surface area contributed by atoms with E-state index in [1.807, 2.05) is 17.6 Å². The fourth-order valence-corrected chi connectivity index (χ4v) is 3.74. The molecular formula is C16H20N4O2S. The summed E-state index contributed by atoms with van der Waals surface area (Å²) in [5, 5.41) is 12.2. The predicted octanol–water partition coefficient (Wildman–Crippen LogP) is 2.79. The molecule has 0 saturated carbocycles. The maximum absolute atomic E-state index is 12.2. The molecule has 7 heteroatoms. The van der Waals surface area contributed by atoms with Crippen LogP contribution < -0.4 is 5.32 Å². The number of furan rings is 1. The summed E-state index contributed by atoms with van der Waals surface area (Å²) < 4.78 is 7.35. The monoisotopic (exact) mass is 332 g/mol. The van der Waals surface area contributed by atoms with Gasteiger partial charge in [-0.3, -0.25) is 9.36 Å². The first-order chi connectivity index (χ1) is 11.2. The van der Waals surface area contributed by atoms with Crippen molar-refractivity contribution in [2.24, 2.45) is 0 Å². The van der Waals surface area contributed by atoms with Crippen LogP contribution in [0.25, 0.3) is 11.4 Å². The van der Waals surface area contributed by atoms with Gasteiger partial charge in [0.2, 0.25) is 5.91 Å². The van der Waals surface area contributed by atoms with E-state index >= 15 is 0 Å². The molecule has 3 heterocycles. The molecule has 1 aliphatic rings. The van der Waals surface area contributed by atoms with Gasteiger partial charge in [-0.05, 0) is 25.8 Å². The fourth-order valence-electron chi connectivity index (χ4n) is 2.64. The minimum Gasteiger partial charge on any atom is -0.469 e. The van der Waals surface area contributed by atoms with Crippen LogP contribution in [0.2, 0.25) is 0 Å². The van der Waals surface area contributed by atoms with Crippen LogP contribution in [-0.4, -0.2) is 32.5 Å². The van der Waals surface area contributed by atoms with E-state index in [-0.39, 0.29) is 11.2 Å². The Bertz CT molecular complexity index is 707. The summed E-state index contributed by atoms with van der Waals surface area (Å²) in [6.07, 6.45) is 6.38. The fraction of sp³-hybridized carbons (Fsp3) is 0.438. The van der Waals surface area contributed by atoms with Gasteiger partial charge in [-0.25, -0.2) is 0 Å². The third-order valence-corrected chi connectivity index (χ3v) is 5.11. The summed E-state index contributed by atoms with van der Waals surface area (Å²) in [5.74, 6) is 1.63. The zero-order valence-electron chi connectivity index (χ0n) is 13.1. The van der Waals surface area contributed by atoms with Gasteiger partial charge in [-0.15, -0.1) is 16.8 Å². The number of aromatic nitrogens is 3. The second kappa shape index (κ2) is 7.04. The van der Waals surface area contributed by atoms with Gasteiger partial charge in [0.1, 0.15) is 5.76 Å². The topological polar surface area (TPSA) is 73.0 Å². The van der Waals surface area contributed by atoms with E-state index < -0.39 is 0 Å². The molecule has 0 unspecified atom stereocenters. The standard InChI is InChI=1S/C16H20N4O2S/c1-3-9-20-14(12-7-10-22-11(12)2)18-19-16(20)23-13-6-4-5-8-17-15(13)21/h3,7,10,13H,1,4-6,8-9H2,2H3,(H,17,21)/t13-/m0/s1. The molecule has 1 atom stereocenters. The molecule has 1 N–H and O–H groups in total. The maximum Gasteiger partial charge on any atom is 0.233 e. The molecule has 122 valence electrons. The molecule has 1 aliphatic heterocycles. The molecule has 3 rings (SSSR count). The summed E-state index contributed by atoms with van der Waals surface area (Å²) in [4.78, 5) is 12.2. The largest absolute Gasteiger partial charge is 0.469 e. The smallest absolute Gasteiger partial charge is 0.233 e. The molecule has 0 spiro atoms. The minimum absolute atomic E-state index is 0.0849. The zero-order valence-corrected chi connectivity index (χ0v) is 13.9. The second-order valence-electron chi connectivity index (χ2n) is 5.49. The Morgan fingerprint density at radius 2 is 2.39 bits per heavy atom. The molecule has 0 bridgehead atoms. The molecule has 0 aromatic carbocycles. The number of carbonyl (C=O) groups excluding carboxylic acids is 1. The van der Waals surface area contributed by atoms with Gasteiger partial charge in [0.25, 0.3) is 0 Å². The van der Waals surface area contributed by atoms with E-state index in [1.165, 1.54) is 11.8 Å². The average Bonchev–Trinajstić information content (AvgIpc) is 3.06. The van der Waals surface area contributed by atoms with E-state index in [4.69, 9.17) is 4.42 Å². The van der Waals surface area contributed by atoms with Crippen molar-refractivity contribution in [3.63, 3.8) is 0 Å². The number of aryl methyl sites for hydroxylation is 1. The summed E-state index contributed by atoms with van der Waals surface area (Å²) in [5.41, 5.74) is 0.913. The molecule has 6 nitrogen and oxygen atoms in total. The molecule has 23 heavy (non-hydrogen) atoms. The average molecular weight is 332 g/mol. The van der Waals surface area contributed by atoms with Crippen molar-refractivity contribution < 1.29 is 9.21 Å². The third-order valence-electron chi connectivity index (χ3n) is 3.86. The lowest BCUT2D eigenvalue weighted by Crippen LogP contribution is -2.30. The second-order valence-corrected chi connectivity index (χ2v) is 6.66. The van der Waals surface area contributed by atoms with E-state index in [0.717, 1.165) is 48.1 Å². The van der Waals surface area contributed by atoms with Crippen molar-refractivity contribution in [1.82, 2.24) is 20.1 Å². The predicted molar refractivity (Wildman–Crippen MR) is 89.2 cm³/mol. The highest BCUT2D eigenvalue weighted by Gasteiger charge is 2.25. The van der Waals surface area contributed by atoms with Crippen LogP contribution in [-0.2, 0) is 11.3 Å². The van der Waals surface area contributed by atoms with Crippen LogP contribution in [0.5, 0.6) is 0 Å². The molecule has 1 saturated heterocycles. The van der Waals surface area contributed by atoms with Gasteiger partial charge in [0.05, 0.1) is 17.1 Å². The Kier molecular flexibility index (Phi) is 4.85. The lowest BCUT2D eigenvalue weighted by Gasteiger charge is -2.13. The Labute approximate surface area is 139 Å². The number of carbonyl (C=O) groups is 1. The number of rotatable bonds is 5. The van der Waals surface area contributed by atoms with Crippen LogP contribution in [0.3, 0.4) is 0 Å². The van der Waals surface area contributed by atoms with Gasteiger partial charge in [-0.2, -0.15) is 0 Å². The van der Waals surface area contributed by atoms with E-state index in [2.05, 4.69) is 22.1 Å². The quantitative estimate of drug-likeness (QED) is 0.852. The van der Waals surface area contributed by atoms with Crippen molar-refractivity contribution in [3.8, 4) is 11.4 Å². The minimum atomic E-state index is -0.122.